The van der Waals surface area contributed by atoms with Crippen LogP contribution in [0.2, 0.25) is 5.02 Å². The van der Waals surface area contributed by atoms with E-state index < -0.39 is 0 Å². The number of nitrogens with zero attached hydrogens (tertiary/aromatic N) is 1. The first-order chi connectivity index (χ1) is 7.18. The number of anilines is 1. The van der Waals surface area contributed by atoms with Gasteiger partial charge in [-0.15, -0.1) is 0 Å². The zero-order chi connectivity index (χ0) is 10.8. The van der Waals surface area contributed by atoms with Crippen molar-refractivity contribution in [3.8, 4) is 0 Å². The molecule has 1 fully saturated rings. The standard InChI is InChI=1S/C11H12BrClN2/c12-8-4-5-9(13)10(7-8)15-6-2-1-3-11(15)14/h4-5,7,14H,1-3,6H2. The fraction of sp³-hybridized carbons (Fsp3) is 0.364. The zero-order valence-electron chi connectivity index (χ0n) is 8.26. The second kappa shape index (κ2) is 4.54. The first-order valence-corrected chi connectivity index (χ1v) is 6.15. The molecule has 0 saturated carbocycles. The summed E-state index contributed by atoms with van der Waals surface area (Å²) in [5, 5.41) is 8.62. The third-order valence-corrected chi connectivity index (χ3v) is 3.38. The molecule has 2 nitrogen and oxygen atoms in total. The van der Waals surface area contributed by atoms with Gasteiger partial charge in [-0.25, -0.2) is 0 Å². The minimum atomic E-state index is 0.668. The quantitative estimate of drug-likeness (QED) is 0.828. The summed E-state index contributed by atoms with van der Waals surface area (Å²) >= 11 is 9.56. The lowest BCUT2D eigenvalue weighted by molar-refractivity contribution is 0.707. The number of amidine groups is 1. The molecule has 0 atom stereocenters. The molecule has 80 valence electrons. The Labute approximate surface area is 103 Å². The Hall–Kier alpha value is -0.540. The Balaban J connectivity index is 2.34. The molecule has 0 unspecified atom stereocenters. The summed E-state index contributed by atoms with van der Waals surface area (Å²) in [5.41, 5.74) is 0.941. The average Bonchev–Trinajstić information content (AvgIpc) is 2.23. The monoisotopic (exact) mass is 286 g/mol. The highest BCUT2D eigenvalue weighted by Gasteiger charge is 2.18. The van der Waals surface area contributed by atoms with Crippen LogP contribution in [-0.2, 0) is 0 Å². The summed E-state index contributed by atoms with van der Waals surface area (Å²) in [7, 11) is 0. The lowest BCUT2D eigenvalue weighted by Gasteiger charge is -2.30. The highest BCUT2D eigenvalue weighted by atomic mass is 79.9. The van der Waals surface area contributed by atoms with Crippen LogP contribution in [0.3, 0.4) is 0 Å². The van der Waals surface area contributed by atoms with E-state index in [1.54, 1.807) is 0 Å². The molecular weight excluding hydrogens is 275 g/mol. The van der Waals surface area contributed by atoms with Crippen molar-refractivity contribution in [1.29, 1.82) is 5.41 Å². The molecule has 0 aromatic heterocycles. The van der Waals surface area contributed by atoms with E-state index in [9.17, 15) is 0 Å². The van der Waals surface area contributed by atoms with E-state index >= 15 is 0 Å². The SMILES string of the molecule is N=C1CCCCN1c1cc(Br)ccc1Cl. The van der Waals surface area contributed by atoms with Crippen molar-refractivity contribution in [2.45, 2.75) is 19.3 Å². The van der Waals surface area contributed by atoms with Gasteiger partial charge >= 0.3 is 0 Å². The number of piperidine rings is 1. The molecule has 1 aromatic rings. The number of nitrogens with one attached hydrogen (secondary N) is 1. The minimum absolute atomic E-state index is 0.668. The summed E-state index contributed by atoms with van der Waals surface area (Å²) in [6.45, 7) is 0.898. The lowest BCUT2D eigenvalue weighted by Crippen LogP contribution is -2.34. The van der Waals surface area contributed by atoms with E-state index in [2.05, 4.69) is 15.9 Å². The molecule has 1 aromatic carbocycles. The van der Waals surface area contributed by atoms with Crippen molar-refractivity contribution < 1.29 is 0 Å². The molecule has 0 amide bonds. The largest absolute Gasteiger partial charge is 0.329 e. The molecule has 4 heteroatoms. The molecule has 0 spiro atoms. The number of hydrogen-bond acceptors (Lipinski definition) is 1. The Kier molecular flexibility index (Phi) is 3.32. The van der Waals surface area contributed by atoms with E-state index in [-0.39, 0.29) is 0 Å². The summed E-state index contributed by atoms with van der Waals surface area (Å²) < 4.78 is 1.00. The molecule has 1 heterocycles. The average molecular weight is 288 g/mol. The van der Waals surface area contributed by atoms with Gasteiger partial charge in [0, 0.05) is 17.4 Å². The van der Waals surface area contributed by atoms with Crippen LogP contribution in [0.25, 0.3) is 0 Å². The molecule has 1 aliphatic heterocycles. The van der Waals surface area contributed by atoms with E-state index in [1.165, 1.54) is 0 Å². The van der Waals surface area contributed by atoms with Crippen LogP contribution in [0.15, 0.2) is 22.7 Å². The summed E-state index contributed by atoms with van der Waals surface area (Å²) in [4.78, 5) is 2.00. The van der Waals surface area contributed by atoms with Crippen molar-refractivity contribution in [2.75, 3.05) is 11.4 Å². The maximum Gasteiger partial charge on any atom is 0.100 e. The van der Waals surface area contributed by atoms with E-state index in [0.29, 0.717) is 10.9 Å². The second-order valence-electron chi connectivity index (χ2n) is 3.65. The van der Waals surface area contributed by atoms with Gasteiger partial charge in [-0.3, -0.25) is 5.41 Å². The van der Waals surface area contributed by atoms with Gasteiger partial charge in [0.2, 0.25) is 0 Å². The third-order valence-electron chi connectivity index (χ3n) is 2.57. The van der Waals surface area contributed by atoms with Crippen molar-refractivity contribution in [2.24, 2.45) is 0 Å². The van der Waals surface area contributed by atoms with Crippen LogP contribution in [0, 0.1) is 5.41 Å². The van der Waals surface area contributed by atoms with E-state index in [1.807, 2.05) is 23.1 Å². The fourth-order valence-corrected chi connectivity index (χ4v) is 2.36. The fourth-order valence-electron chi connectivity index (χ4n) is 1.79. The minimum Gasteiger partial charge on any atom is -0.329 e. The van der Waals surface area contributed by atoms with Crippen LogP contribution in [0.1, 0.15) is 19.3 Å². The zero-order valence-corrected chi connectivity index (χ0v) is 10.6. The molecule has 2 rings (SSSR count). The van der Waals surface area contributed by atoms with E-state index in [4.69, 9.17) is 17.0 Å². The summed E-state index contributed by atoms with van der Waals surface area (Å²) in [5.74, 6) is 0.668. The molecule has 0 aliphatic carbocycles. The van der Waals surface area contributed by atoms with Crippen LogP contribution in [0.5, 0.6) is 0 Å². The van der Waals surface area contributed by atoms with Crippen LogP contribution < -0.4 is 4.90 Å². The topological polar surface area (TPSA) is 27.1 Å². The molecule has 0 radical (unpaired) electrons. The maximum atomic E-state index is 7.90. The van der Waals surface area contributed by atoms with Gasteiger partial charge in [-0.1, -0.05) is 27.5 Å². The van der Waals surface area contributed by atoms with Crippen molar-refractivity contribution in [3.05, 3.63) is 27.7 Å². The van der Waals surface area contributed by atoms with Gasteiger partial charge < -0.3 is 4.90 Å². The number of hydrogen-bond donors (Lipinski definition) is 1. The summed E-state index contributed by atoms with van der Waals surface area (Å²) in [6, 6.07) is 5.75. The van der Waals surface area contributed by atoms with Crippen LogP contribution in [-0.4, -0.2) is 12.4 Å². The molecule has 0 bridgehead atoms. The molecule has 1 N–H and O–H groups in total. The second-order valence-corrected chi connectivity index (χ2v) is 4.97. The number of rotatable bonds is 1. The Morgan fingerprint density at radius 1 is 1.33 bits per heavy atom. The van der Waals surface area contributed by atoms with E-state index in [0.717, 1.165) is 36.0 Å². The summed E-state index contributed by atoms with van der Waals surface area (Å²) in [6.07, 6.45) is 3.09. The van der Waals surface area contributed by atoms with Gasteiger partial charge in [0.05, 0.1) is 10.7 Å². The Morgan fingerprint density at radius 3 is 2.87 bits per heavy atom. The lowest BCUT2D eigenvalue weighted by atomic mass is 10.1. The first kappa shape index (κ1) is 11.0. The number of benzene rings is 1. The maximum absolute atomic E-state index is 7.90. The highest BCUT2D eigenvalue weighted by molar-refractivity contribution is 9.10. The van der Waals surface area contributed by atoms with Crippen molar-refractivity contribution in [1.82, 2.24) is 0 Å². The molecule has 1 saturated heterocycles. The Morgan fingerprint density at radius 2 is 2.13 bits per heavy atom. The predicted molar refractivity (Wildman–Crippen MR) is 68.1 cm³/mol. The Bertz CT molecular complexity index is 392. The van der Waals surface area contributed by atoms with Gasteiger partial charge in [0.1, 0.15) is 5.84 Å². The highest BCUT2D eigenvalue weighted by Crippen LogP contribution is 2.31. The third kappa shape index (κ3) is 2.34. The van der Waals surface area contributed by atoms with Gasteiger partial charge in [-0.2, -0.15) is 0 Å². The van der Waals surface area contributed by atoms with Crippen LogP contribution in [0.4, 0.5) is 5.69 Å². The smallest absolute Gasteiger partial charge is 0.100 e. The molecule has 15 heavy (non-hydrogen) atoms. The van der Waals surface area contributed by atoms with Crippen molar-refractivity contribution in [3.63, 3.8) is 0 Å². The van der Waals surface area contributed by atoms with Gasteiger partial charge in [0.15, 0.2) is 0 Å². The first-order valence-electron chi connectivity index (χ1n) is 4.98. The molecule has 1 aliphatic rings. The van der Waals surface area contributed by atoms with Crippen LogP contribution >= 0.6 is 27.5 Å². The predicted octanol–water partition coefficient (Wildman–Crippen LogP) is 4.07. The number of halogens is 2. The van der Waals surface area contributed by atoms with Gasteiger partial charge in [-0.05, 0) is 31.0 Å². The normalized spacial score (nSPS) is 16.9. The van der Waals surface area contributed by atoms with Gasteiger partial charge in [0.25, 0.3) is 0 Å². The molecular formula is C11H12BrClN2. The van der Waals surface area contributed by atoms with Crippen molar-refractivity contribution >= 4 is 39.1 Å².